The maximum Gasteiger partial charge on any atom is 0.220 e. The molecule has 0 bridgehead atoms. The molecular weight excluding hydrogens is 440 g/mol. The molecule has 5 N–H and O–H groups in total. The van der Waals surface area contributed by atoms with Crippen LogP contribution in [0.4, 0.5) is 8.78 Å². The molecule has 2 aromatic rings. The first kappa shape index (κ1) is 25.8. The Kier molecular flexibility index (Phi) is 8.74. The molecule has 0 spiro atoms. The zero-order valence-corrected chi connectivity index (χ0v) is 19.4. The minimum absolute atomic E-state index is 0.0530. The number of hydrogen-bond donors (Lipinski definition) is 4. The van der Waals surface area contributed by atoms with E-state index in [1.165, 1.54) is 23.3 Å². The normalized spacial score (nSPS) is 16.0. The van der Waals surface area contributed by atoms with Crippen LogP contribution in [0, 0.1) is 11.6 Å². The lowest BCUT2D eigenvalue weighted by atomic mass is 9.98. The second kappa shape index (κ2) is 11.5. The molecule has 2 atom stereocenters. The maximum absolute atomic E-state index is 13.7. The Hall–Kier alpha value is -2.84. The van der Waals surface area contributed by atoms with E-state index in [4.69, 9.17) is 5.73 Å². The van der Waals surface area contributed by atoms with Gasteiger partial charge in [-0.1, -0.05) is 31.2 Å². The Morgan fingerprint density at radius 1 is 1.09 bits per heavy atom. The fourth-order valence-electron chi connectivity index (χ4n) is 4.19. The molecule has 2 amide bonds. The molecule has 6 nitrogen and oxygen atoms in total. The van der Waals surface area contributed by atoms with E-state index in [-0.39, 0.29) is 43.7 Å². The van der Waals surface area contributed by atoms with Gasteiger partial charge in [0, 0.05) is 31.0 Å². The number of aryl methyl sites for hydroxylation is 1. The Bertz CT molecular complexity index is 990. The van der Waals surface area contributed by atoms with Gasteiger partial charge in [-0.05, 0) is 60.9 Å². The number of aliphatic hydroxyl groups excluding tert-OH is 1. The second-order valence-corrected chi connectivity index (χ2v) is 9.06. The zero-order valence-electron chi connectivity index (χ0n) is 19.4. The summed E-state index contributed by atoms with van der Waals surface area (Å²) in [6.45, 7) is 2.29. The van der Waals surface area contributed by atoms with Crippen molar-refractivity contribution in [2.75, 3.05) is 6.54 Å². The van der Waals surface area contributed by atoms with Crippen LogP contribution in [0.2, 0.25) is 0 Å². The van der Waals surface area contributed by atoms with Gasteiger partial charge in [0.25, 0.3) is 0 Å². The van der Waals surface area contributed by atoms with Gasteiger partial charge >= 0.3 is 0 Å². The van der Waals surface area contributed by atoms with E-state index in [9.17, 15) is 23.5 Å². The van der Waals surface area contributed by atoms with Crippen molar-refractivity contribution in [3.8, 4) is 0 Å². The zero-order chi connectivity index (χ0) is 24.7. The molecular formula is C26H33F2N3O3. The number of carbonyl (C=O) groups is 2. The molecule has 0 heterocycles. The molecule has 1 aliphatic rings. The van der Waals surface area contributed by atoms with Crippen LogP contribution in [-0.2, 0) is 28.0 Å². The highest BCUT2D eigenvalue weighted by Gasteiger charge is 2.44. The molecule has 184 valence electrons. The van der Waals surface area contributed by atoms with Gasteiger partial charge in [-0.2, -0.15) is 0 Å². The summed E-state index contributed by atoms with van der Waals surface area (Å²) in [7, 11) is 0. The van der Waals surface area contributed by atoms with Crippen molar-refractivity contribution in [2.24, 2.45) is 5.73 Å². The van der Waals surface area contributed by atoms with E-state index in [2.05, 4.69) is 35.8 Å². The van der Waals surface area contributed by atoms with E-state index in [1.54, 1.807) is 0 Å². The number of nitrogens with two attached hydrogens (primary N) is 1. The van der Waals surface area contributed by atoms with Gasteiger partial charge < -0.3 is 21.5 Å². The number of primary amides is 1. The summed E-state index contributed by atoms with van der Waals surface area (Å²) < 4.78 is 27.4. The highest BCUT2D eigenvalue weighted by molar-refractivity contribution is 5.78. The lowest BCUT2D eigenvalue weighted by Crippen LogP contribution is -2.50. The summed E-state index contributed by atoms with van der Waals surface area (Å²) in [6.07, 6.45) is 2.28. The average molecular weight is 474 g/mol. The first-order valence-corrected chi connectivity index (χ1v) is 11.8. The number of carbonyl (C=O) groups excluding carboxylic acids is 2. The van der Waals surface area contributed by atoms with Crippen LogP contribution < -0.4 is 16.4 Å². The molecule has 8 heteroatoms. The molecule has 1 aliphatic carbocycles. The SMILES string of the molecule is CCc1cccc(C2(NC[C@@H](O)[C@H](Cc3cc(F)cc(F)c3)NC(=O)CCCC(N)=O)CC2)c1. The third kappa shape index (κ3) is 7.33. The van der Waals surface area contributed by atoms with Crippen LogP contribution in [0.3, 0.4) is 0 Å². The molecule has 1 saturated carbocycles. The first-order valence-electron chi connectivity index (χ1n) is 11.8. The van der Waals surface area contributed by atoms with Gasteiger partial charge in [-0.25, -0.2) is 8.78 Å². The first-order chi connectivity index (χ1) is 16.2. The van der Waals surface area contributed by atoms with Gasteiger partial charge in [-0.15, -0.1) is 0 Å². The number of hydrogen-bond acceptors (Lipinski definition) is 4. The molecule has 0 radical (unpaired) electrons. The van der Waals surface area contributed by atoms with Gasteiger partial charge in [0.1, 0.15) is 11.6 Å². The van der Waals surface area contributed by atoms with E-state index in [1.807, 2.05) is 6.07 Å². The number of rotatable bonds is 13. The fraction of sp³-hybridized carbons (Fsp3) is 0.462. The topological polar surface area (TPSA) is 104 Å². The summed E-state index contributed by atoms with van der Waals surface area (Å²) in [5.41, 5.74) is 7.64. The summed E-state index contributed by atoms with van der Waals surface area (Å²) in [5, 5.41) is 17.2. The third-order valence-electron chi connectivity index (χ3n) is 6.30. The molecule has 0 unspecified atom stereocenters. The lowest BCUT2D eigenvalue weighted by Gasteiger charge is -2.27. The largest absolute Gasteiger partial charge is 0.390 e. The van der Waals surface area contributed by atoms with Crippen molar-refractivity contribution in [3.05, 3.63) is 70.8 Å². The van der Waals surface area contributed by atoms with Gasteiger partial charge in [0.2, 0.25) is 11.8 Å². The number of halogens is 2. The van der Waals surface area contributed by atoms with E-state index in [0.717, 1.165) is 25.3 Å². The highest BCUT2D eigenvalue weighted by Crippen LogP contribution is 2.45. The molecule has 0 aromatic heterocycles. The van der Waals surface area contributed by atoms with Crippen LogP contribution in [0.1, 0.15) is 55.7 Å². The van der Waals surface area contributed by atoms with E-state index in [0.29, 0.717) is 5.56 Å². The molecule has 0 aliphatic heterocycles. The number of nitrogens with one attached hydrogen (secondary N) is 2. The molecule has 2 aromatic carbocycles. The van der Waals surface area contributed by atoms with Crippen LogP contribution in [0.25, 0.3) is 0 Å². The Balaban J connectivity index is 1.68. The van der Waals surface area contributed by atoms with Gasteiger partial charge in [0.15, 0.2) is 0 Å². The lowest BCUT2D eigenvalue weighted by molar-refractivity contribution is -0.123. The minimum atomic E-state index is -1.00. The van der Waals surface area contributed by atoms with Crippen molar-refractivity contribution in [2.45, 2.75) is 69.6 Å². The summed E-state index contributed by atoms with van der Waals surface area (Å²) in [5.74, 6) is -2.30. The van der Waals surface area contributed by atoms with Crippen molar-refractivity contribution in [1.29, 1.82) is 0 Å². The quantitative estimate of drug-likeness (QED) is 0.359. The maximum atomic E-state index is 13.7. The van der Waals surface area contributed by atoms with Crippen molar-refractivity contribution in [1.82, 2.24) is 10.6 Å². The number of amides is 2. The standard InChI is InChI=1S/C26H33F2N3O3/c1-2-17-5-3-6-19(11-17)26(9-10-26)30-16-23(32)22(31-25(34)8-4-7-24(29)33)14-18-12-20(27)15-21(28)13-18/h3,5-6,11-13,15,22-23,30,32H,2,4,7-10,14,16H2,1H3,(H2,29,33)(H,31,34)/t22-,23+/m0/s1. The summed E-state index contributed by atoms with van der Waals surface area (Å²) in [6, 6.07) is 10.7. The van der Waals surface area contributed by atoms with Gasteiger partial charge in [0.05, 0.1) is 12.1 Å². The highest BCUT2D eigenvalue weighted by atomic mass is 19.1. The predicted molar refractivity (Wildman–Crippen MR) is 126 cm³/mol. The van der Waals surface area contributed by atoms with Crippen LogP contribution in [-0.4, -0.2) is 35.6 Å². The molecule has 3 rings (SSSR count). The van der Waals surface area contributed by atoms with E-state index >= 15 is 0 Å². The minimum Gasteiger partial charge on any atom is -0.390 e. The monoisotopic (exact) mass is 473 g/mol. The van der Waals surface area contributed by atoms with Crippen molar-refractivity contribution >= 4 is 11.8 Å². The van der Waals surface area contributed by atoms with E-state index < -0.39 is 29.7 Å². The van der Waals surface area contributed by atoms with Crippen LogP contribution >= 0.6 is 0 Å². The van der Waals surface area contributed by atoms with Gasteiger partial charge in [-0.3, -0.25) is 9.59 Å². The van der Waals surface area contributed by atoms with Crippen molar-refractivity contribution in [3.63, 3.8) is 0 Å². The average Bonchev–Trinajstić information content (AvgIpc) is 3.57. The van der Waals surface area contributed by atoms with Crippen molar-refractivity contribution < 1.29 is 23.5 Å². The van der Waals surface area contributed by atoms with Crippen LogP contribution in [0.15, 0.2) is 42.5 Å². The predicted octanol–water partition coefficient (Wildman–Crippen LogP) is 2.85. The summed E-state index contributed by atoms with van der Waals surface area (Å²) >= 11 is 0. The van der Waals surface area contributed by atoms with Crippen LogP contribution in [0.5, 0.6) is 0 Å². The third-order valence-corrected chi connectivity index (χ3v) is 6.30. The number of aliphatic hydroxyl groups is 1. The molecule has 0 saturated heterocycles. The molecule has 1 fully saturated rings. The number of benzene rings is 2. The Morgan fingerprint density at radius 3 is 2.41 bits per heavy atom. The second-order valence-electron chi connectivity index (χ2n) is 9.06. The summed E-state index contributed by atoms with van der Waals surface area (Å²) in [4.78, 5) is 23.4. The fourth-order valence-corrected chi connectivity index (χ4v) is 4.19. The smallest absolute Gasteiger partial charge is 0.220 e. The Labute approximate surface area is 198 Å². The Morgan fingerprint density at radius 2 is 1.79 bits per heavy atom. The molecule has 34 heavy (non-hydrogen) atoms.